The molecule has 2 aromatic rings. The van der Waals surface area contributed by atoms with Crippen molar-refractivity contribution in [2.24, 2.45) is 0 Å². The minimum absolute atomic E-state index is 0.308. The smallest absolute Gasteiger partial charge is 0.123 e. The monoisotopic (exact) mass is 376 g/mol. The first-order valence-corrected chi connectivity index (χ1v) is 10.7. The summed E-state index contributed by atoms with van der Waals surface area (Å²) in [4.78, 5) is 0. The van der Waals surface area contributed by atoms with Crippen LogP contribution >= 0.6 is 11.6 Å². The van der Waals surface area contributed by atoms with Gasteiger partial charge in [0.2, 0.25) is 0 Å². The Labute approximate surface area is 163 Å². The second kappa shape index (κ2) is 11.3. The Morgan fingerprint density at radius 3 is 2.54 bits per heavy atom. The number of fused-ring (bicyclic) bond motifs is 1. The zero-order chi connectivity index (χ0) is 18.8. The van der Waals surface area contributed by atoms with Crippen molar-refractivity contribution in [1.82, 2.24) is 0 Å². The average Bonchev–Trinajstić information content (AvgIpc) is 2.67. The van der Waals surface area contributed by atoms with E-state index in [-0.39, 0.29) is 0 Å². The van der Waals surface area contributed by atoms with Gasteiger partial charge in [0, 0.05) is 11.4 Å². The van der Waals surface area contributed by atoms with Gasteiger partial charge in [-0.1, -0.05) is 45.7 Å². The van der Waals surface area contributed by atoms with Gasteiger partial charge in [0.1, 0.15) is 11.5 Å². The number of hydrogen-bond donors (Lipinski definition) is 0. The van der Waals surface area contributed by atoms with E-state index in [1.807, 2.05) is 0 Å². The van der Waals surface area contributed by atoms with Crippen molar-refractivity contribution in [3.63, 3.8) is 0 Å². The van der Waals surface area contributed by atoms with Crippen LogP contribution in [0, 0.1) is 0 Å². The molecule has 0 spiro atoms. The second-order valence-corrected chi connectivity index (χ2v) is 7.19. The molecule has 0 radical (unpaired) electrons. The molecular formula is C23H33ClO2. The van der Waals surface area contributed by atoms with Crippen molar-refractivity contribution >= 4 is 22.4 Å². The van der Waals surface area contributed by atoms with Crippen LogP contribution in [-0.2, 0) is 6.42 Å². The molecule has 0 aliphatic carbocycles. The van der Waals surface area contributed by atoms with E-state index in [1.165, 1.54) is 35.6 Å². The number of halogens is 1. The fraction of sp³-hybridized carbons (Fsp3) is 0.565. The van der Waals surface area contributed by atoms with Crippen molar-refractivity contribution in [3.05, 3.63) is 35.9 Å². The zero-order valence-electron chi connectivity index (χ0n) is 16.5. The SMILES string of the molecule is CCCCCC(CC)Oc1ccc2c(CC)c(OCCCCl)ccc2c1. The number of alkyl halides is 1. The molecule has 0 saturated heterocycles. The van der Waals surface area contributed by atoms with Crippen LogP contribution in [0.2, 0.25) is 0 Å². The lowest BCUT2D eigenvalue weighted by atomic mass is 10.0. The second-order valence-electron chi connectivity index (χ2n) is 6.81. The van der Waals surface area contributed by atoms with E-state index in [9.17, 15) is 0 Å². The minimum Gasteiger partial charge on any atom is -0.493 e. The van der Waals surface area contributed by atoms with Gasteiger partial charge in [-0.05, 0) is 61.1 Å². The van der Waals surface area contributed by atoms with E-state index in [0.29, 0.717) is 18.6 Å². The fourth-order valence-electron chi connectivity index (χ4n) is 3.32. The molecule has 2 nitrogen and oxygen atoms in total. The summed E-state index contributed by atoms with van der Waals surface area (Å²) in [6.45, 7) is 7.29. The van der Waals surface area contributed by atoms with Crippen LogP contribution in [0.15, 0.2) is 30.3 Å². The summed E-state index contributed by atoms with van der Waals surface area (Å²) >= 11 is 5.75. The highest BCUT2D eigenvalue weighted by atomic mass is 35.5. The van der Waals surface area contributed by atoms with Crippen molar-refractivity contribution in [1.29, 1.82) is 0 Å². The van der Waals surface area contributed by atoms with Crippen LogP contribution in [-0.4, -0.2) is 18.6 Å². The Balaban J connectivity index is 2.16. The molecular weight excluding hydrogens is 344 g/mol. The summed E-state index contributed by atoms with van der Waals surface area (Å²) in [5.74, 6) is 2.58. The van der Waals surface area contributed by atoms with E-state index in [1.54, 1.807) is 0 Å². The van der Waals surface area contributed by atoms with Crippen LogP contribution < -0.4 is 9.47 Å². The molecule has 0 fully saturated rings. The largest absolute Gasteiger partial charge is 0.493 e. The van der Waals surface area contributed by atoms with E-state index in [4.69, 9.17) is 21.1 Å². The van der Waals surface area contributed by atoms with E-state index in [2.05, 4.69) is 51.1 Å². The minimum atomic E-state index is 0.308. The average molecular weight is 377 g/mol. The van der Waals surface area contributed by atoms with Crippen molar-refractivity contribution in [3.8, 4) is 11.5 Å². The number of aryl methyl sites for hydroxylation is 1. The summed E-state index contributed by atoms with van der Waals surface area (Å²) in [6, 6.07) is 10.7. The van der Waals surface area contributed by atoms with Gasteiger partial charge in [-0.15, -0.1) is 11.6 Å². The molecule has 0 amide bonds. The van der Waals surface area contributed by atoms with Gasteiger partial charge in [0.15, 0.2) is 0 Å². The number of ether oxygens (including phenoxy) is 2. The molecule has 0 aliphatic rings. The molecule has 144 valence electrons. The third-order valence-electron chi connectivity index (χ3n) is 4.84. The van der Waals surface area contributed by atoms with Gasteiger partial charge in [0.25, 0.3) is 0 Å². The summed E-state index contributed by atoms with van der Waals surface area (Å²) in [6.07, 6.45) is 8.08. The van der Waals surface area contributed by atoms with E-state index >= 15 is 0 Å². The van der Waals surface area contributed by atoms with Crippen molar-refractivity contribution < 1.29 is 9.47 Å². The third-order valence-corrected chi connectivity index (χ3v) is 5.10. The highest BCUT2D eigenvalue weighted by Crippen LogP contribution is 2.32. The molecule has 0 saturated carbocycles. The first-order valence-electron chi connectivity index (χ1n) is 10.1. The molecule has 26 heavy (non-hydrogen) atoms. The summed E-state index contributed by atoms with van der Waals surface area (Å²) < 4.78 is 12.2. The summed E-state index contributed by atoms with van der Waals surface area (Å²) in [5, 5.41) is 2.47. The molecule has 1 unspecified atom stereocenters. The van der Waals surface area contributed by atoms with Crippen LogP contribution in [0.1, 0.15) is 64.9 Å². The topological polar surface area (TPSA) is 18.5 Å². The van der Waals surface area contributed by atoms with Crippen LogP contribution in [0.4, 0.5) is 0 Å². The Morgan fingerprint density at radius 1 is 1.00 bits per heavy atom. The number of unbranched alkanes of at least 4 members (excludes halogenated alkanes) is 2. The van der Waals surface area contributed by atoms with E-state index < -0.39 is 0 Å². The molecule has 0 aliphatic heterocycles. The number of benzene rings is 2. The van der Waals surface area contributed by atoms with Crippen LogP contribution in [0.3, 0.4) is 0 Å². The fourth-order valence-corrected chi connectivity index (χ4v) is 3.43. The molecule has 0 heterocycles. The van der Waals surface area contributed by atoms with Crippen molar-refractivity contribution in [2.45, 2.75) is 71.8 Å². The third kappa shape index (κ3) is 5.81. The Morgan fingerprint density at radius 2 is 1.85 bits per heavy atom. The van der Waals surface area contributed by atoms with E-state index in [0.717, 1.165) is 37.2 Å². The molecule has 0 bridgehead atoms. The predicted molar refractivity (Wildman–Crippen MR) is 113 cm³/mol. The number of hydrogen-bond acceptors (Lipinski definition) is 2. The molecule has 3 heteroatoms. The maximum Gasteiger partial charge on any atom is 0.123 e. The standard InChI is InChI=1S/C23H33ClO2/c1-4-7-8-10-19(5-2)26-20-12-13-22-18(17-20)11-14-23(21(22)6-3)25-16-9-15-24/h11-14,17,19H,4-10,15-16H2,1-3H3. The van der Waals surface area contributed by atoms with Gasteiger partial charge in [-0.2, -0.15) is 0 Å². The maximum absolute atomic E-state index is 6.26. The quantitative estimate of drug-likeness (QED) is 0.289. The first kappa shape index (κ1) is 20.9. The lowest BCUT2D eigenvalue weighted by Gasteiger charge is -2.19. The normalized spacial score (nSPS) is 12.3. The Bertz CT molecular complexity index is 669. The maximum atomic E-state index is 6.26. The predicted octanol–water partition coefficient (Wildman–Crippen LogP) is 7.15. The van der Waals surface area contributed by atoms with Gasteiger partial charge >= 0.3 is 0 Å². The highest BCUT2D eigenvalue weighted by Gasteiger charge is 2.11. The van der Waals surface area contributed by atoms with Crippen LogP contribution in [0.25, 0.3) is 10.8 Å². The van der Waals surface area contributed by atoms with Gasteiger partial charge < -0.3 is 9.47 Å². The number of rotatable bonds is 12. The molecule has 0 aromatic heterocycles. The molecule has 0 N–H and O–H groups in total. The molecule has 2 rings (SSSR count). The summed E-state index contributed by atoms with van der Waals surface area (Å²) in [5.41, 5.74) is 1.26. The Hall–Kier alpha value is -1.41. The van der Waals surface area contributed by atoms with Crippen molar-refractivity contribution in [2.75, 3.05) is 12.5 Å². The molecule has 2 aromatic carbocycles. The highest BCUT2D eigenvalue weighted by molar-refractivity contribution is 6.17. The van der Waals surface area contributed by atoms with Gasteiger partial charge in [-0.3, -0.25) is 0 Å². The lowest BCUT2D eigenvalue weighted by Crippen LogP contribution is -2.15. The van der Waals surface area contributed by atoms with Gasteiger partial charge in [-0.25, -0.2) is 0 Å². The van der Waals surface area contributed by atoms with Gasteiger partial charge in [0.05, 0.1) is 12.7 Å². The molecule has 1 atom stereocenters. The summed E-state index contributed by atoms with van der Waals surface area (Å²) in [7, 11) is 0. The Kier molecular flexibility index (Phi) is 9.11. The first-order chi connectivity index (χ1) is 12.7. The zero-order valence-corrected chi connectivity index (χ0v) is 17.3. The van der Waals surface area contributed by atoms with Crippen LogP contribution in [0.5, 0.6) is 11.5 Å². The lowest BCUT2D eigenvalue weighted by molar-refractivity contribution is 0.183.